The third-order valence-electron chi connectivity index (χ3n) is 13.6. The van der Waals surface area contributed by atoms with Gasteiger partial charge in [-0.2, -0.15) is 0 Å². The van der Waals surface area contributed by atoms with Crippen molar-refractivity contribution in [3.8, 4) is 0 Å². The van der Waals surface area contributed by atoms with E-state index < -0.39 is 6.10 Å². The predicted molar refractivity (Wildman–Crippen MR) is 321 cm³/mol. The second kappa shape index (κ2) is 62.1. The Morgan fingerprint density at radius 1 is 0.284 bits per heavy atom. The van der Waals surface area contributed by atoms with Crippen LogP contribution in [-0.4, -0.2) is 37.2 Å². The van der Waals surface area contributed by atoms with Crippen LogP contribution in [0.4, 0.5) is 0 Å². The van der Waals surface area contributed by atoms with Crippen LogP contribution in [0.15, 0.2) is 85.1 Å². The Labute approximate surface area is 458 Å². The van der Waals surface area contributed by atoms with Crippen LogP contribution in [0.5, 0.6) is 0 Å². The molecule has 0 aromatic heterocycles. The van der Waals surface area contributed by atoms with Gasteiger partial charge in [0.1, 0.15) is 13.2 Å². The quantitative estimate of drug-likeness (QED) is 0.0261. The molecule has 0 saturated heterocycles. The molecule has 426 valence electrons. The smallest absolute Gasteiger partial charge is 0.306 e. The van der Waals surface area contributed by atoms with E-state index in [0.717, 1.165) is 116 Å². The van der Waals surface area contributed by atoms with Crippen molar-refractivity contribution in [1.82, 2.24) is 0 Å². The Morgan fingerprint density at radius 3 is 0.851 bits per heavy atom. The van der Waals surface area contributed by atoms with Crippen LogP contribution in [0.3, 0.4) is 0 Å². The summed E-state index contributed by atoms with van der Waals surface area (Å²) in [5, 5.41) is 0. The molecule has 0 aliphatic heterocycles. The fourth-order valence-electron chi connectivity index (χ4n) is 8.91. The minimum absolute atomic E-state index is 0.0819. The molecule has 0 rings (SSSR count). The maximum Gasteiger partial charge on any atom is 0.306 e. The third kappa shape index (κ3) is 59.5. The summed E-state index contributed by atoms with van der Waals surface area (Å²) in [4.78, 5) is 38.3. The third-order valence-corrected chi connectivity index (χ3v) is 13.6. The van der Waals surface area contributed by atoms with Gasteiger partial charge in [0.2, 0.25) is 0 Å². The van der Waals surface area contributed by atoms with E-state index in [2.05, 4.69) is 106 Å². The van der Waals surface area contributed by atoms with E-state index in [4.69, 9.17) is 14.2 Å². The van der Waals surface area contributed by atoms with E-state index in [1.54, 1.807) is 0 Å². The first-order valence-electron chi connectivity index (χ1n) is 31.6. The van der Waals surface area contributed by atoms with Crippen molar-refractivity contribution >= 4 is 17.9 Å². The molecule has 0 N–H and O–H groups in total. The van der Waals surface area contributed by atoms with Gasteiger partial charge >= 0.3 is 17.9 Å². The summed E-state index contributed by atoms with van der Waals surface area (Å²) >= 11 is 0. The Morgan fingerprint density at radius 2 is 0.527 bits per heavy atom. The largest absolute Gasteiger partial charge is 0.462 e. The van der Waals surface area contributed by atoms with E-state index in [1.165, 1.54) is 154 Å². The highest BCUT2D eigenvalue weighted by atomic mass is 16.6. The highest BCUT2D eigenvalue weighted by molar-refractivity contribution is 5.71. The average Bonchev–Trinajstić information content (AvgIpc) is 3.40. The SMILES string of the molecule is CC/C=C\C/C=C\C/C=C\C/C=C\CCCCCCCCCCC(=O)OCC(COC(=O)CCCCCCCCCCCCCCCCCC)OC(=O)CCCCCCCC/C=C\C/C=C\C/C=C\CCCCC. The molecule has 74 heavy (non-hydrogen) atoms. The fourth-order valence-corrected chi connectivity index (χ4v) is 8.91. The zero-order valence-corrected chi connectivity index (χ0v) is 48.8. The van der Waals surface area contributed by atoms with E-state index in [-0.39, 0.29) is 31.1 Å². The molecule has 0 fully saturated rings. The van der Waals surface area contributed by atoms with Crippen molar-refractivity contribution in [2.45, 2.75) is 316 Å². The second-order valence-electron chi connectivity index (χ2n) is 20.9. The summed E-state index contributed by atoms with van der Waals surface area (Å²) in [5.74, 6) is -0.889. The Hall–Kier alpha value is -3.41. The average molecular weight is 1030 g/mol. The van der Waals surface area contributed by atoms with E-state index >= 15 is 0 Å². The number of allylic oxidation sites excluding steroid dienone is 14. The first kappa shape index (κ1) is 70.6. The van der Waals surface area contributed by atoms with E-state index in [0.29, 0.717) is 19.3 Å². The molecule has 0 aromatic rings. The number of carbonyl (C=O) groups is 3. The van der Waals surface area contributed by atoms with Crippen LogP contribution in [0.1, 0.15) is 310 Å². The van der Waals surface area contributed by atoms with Crippen molar-refractivity contribution < 1.29 is 28.6 Å². The Bertz CT molecular complexity index is 1420. The molecular weight excluding hydrogens is 913 g/mol. The van der Waals surface area contributed by atoms with Gasteiger partial charge in [0.15, 0.2) is 6.10 Å². The molecule has 0 amide bonds. The molecule has 0 aliphatic rings. The fraction of sp³-hybridized carbons (Fsp3) is 0.750. The lowest BCUT2D eigenvalue weighted by molar-refractivity contribution is -0.167. The molecule has 1 atom stereocenters. The van der Waals surface area contributed by atoms with Crippen LogP contribution in [0.25, 0.3) is 0 Å². The monoisotopic (exact) mass is 1030 g/mol. The van der Waals surface area contributed by atoms with Crippen molar-refractivity contribution in [2.24, 2.45) is 0 Å². The minimum atomic E-state index is -0.787. The van der Waals surface area contributed by atoms with Gasteiger partial charge in [-0.3, -0.25) is 14.4 Å². The first-order chi connectivity index (χ1) is 36.5. The summed E-state index contributed by atoms with van der Waals surface area (Å²) in [6.07, 6.45) is 81.4. The van der Waals surface area contributed by atoms with Crippen LogP contribution in [0.2, 0.25) is 0 Å². The van der Waals surface area contributed by atoms with Gasteiger partial charge in [0.05, 0.1) is 0 Å². The van der Waals surface area contributed by atoms with Crippen molar-refractivity contribution in [3.63, 3.8) is 0 Å². The molecule has 0 saturated carbocycles. The normalized spacial score (nSPS) is 12.6. The molecule has 0 radical (unpaired) electrons. The maximum atomic E-state index is 12.9. The lowest BCUT2D eigenvalue weighted by Gasteiger charge is -2.18. The molecule has 0 heterocycles. The number of hydrogen-bond donors (Lipinski definition) is 0. The second-order valence-corrected chi connectivity index (χ2v) is 20.9. The molecule has 0 aliphatic carbocycles. The Balaban J connectivity index is 4.40. The standard InChI is InChI=1S/C68H118O6/c1-4-7-10-13-16-19-22-25-28-31-33-34-36-37-40-43-46-49-52-55-58-61-67(70)73-64-65(63-72-66(69)60-57-54-51-48-45-42-39-30-27-24-21-18-15-12-9-6-3)74-68(71)62-59-56-53-50-47-44-41-38-35-32-29-26-23-20-17-14-11-8-5-2/h7,10,16-17,19-20,25-26,28-29,33-35,38,65H,4-6,8-9,11-15,18,21-24,27,30-32,36-37,39-64H2,1-3H3/b10-7-,19-16-,20-17-,28-25-,29-26-,34-33-,38-35-. The topological polar surface area (TPSA) is 78.9 Å². The summed E-state index contributed by atoms with van der Waals surface area (Å²) in [6.45, 7) is 6.52. The molecule has 0 aromatic carbocycles. The zero-order chi connectivity index (χ0) is 53.6. The summed E-state index contributed by atoms with van der Waals surface area (Å²) in [5.41, 5.74) is 0. The number of rotatable bonds is 57. The van der Waals surface area contributed by atoms with Crippen molar-refractivity contribution in [3.05, 3.63) is 85.1 Å². The van der Waals surface area contributed by atoms with E-state index in [9.17, 15) is 14.4 Å². The van der Waals surface area contributed by atoms with Crippen LogP contribution >= 0.6 is 0 Å². The molecule has 0 bridgehead atoms. The molecular formula is C68H118O6. The van der Waals surface area contributed by atoms with Crippen LogP contribution < -0.4 is 0 Å². The van der Waals surface area contributed by atoms with Gasteiger partial charge in [0, 0.05) is 19.3 Å². The molecule has 0 spiro atoms. The van der Waals surface area contributed by atoms with Crippen LogP contribution in [-0.2, 0) is 28.6 Å². The van der Waals surface area contributed by atoms with Gasteiger partial charge in [-0.15, -0.1) is 0 Å². The lowest BCUT2D eigenvalue weighted by atomic mass is 10.0. The number of carbonyl (C=O) groups excluding carboxylic acids is 3. The van der Waals surface area contributed by atoms with Gasteiger partial charge in [0.25, 0.3) is 0 Å². The number of unbranched alkanes of at least 4 members (excludes halogenated alkanes) is 32. The van der Waals surface area contributed by atoms with Gasteiger partial charge in [-0.1, -0.05) is 279 Å². The number of esters is 3. The predicted octanol–water partition coefficient (Wildman–Crippen LogP) is 21.5. The van der Waals surface area contributed by atoms with Crippen molar-refractivity contribution in [1.29, 1.82) is 0 Å². The van der Waals surface area contributed by atoms with Crippen molar-refractivity contribution in [2.75, 3.05) is 13.2 Å². The van der Waals surface area contributed by atoms with Gasteiger partial charge in [-0.05, 0) is 96.3 Å². The molecule has 6 heteroatoms. The number of ether oxygens (including phenoxy) is 3. The highest BCUT2D eigenvalue weighted by Gasteiger charge is 2.19. The lowest BCUT2D eigenvalue weighted by Crippen LogP contribution is -2.30. The number of hydrogen-bond acceptors (Lipinski definition) is 6. The van der Waals surface area contributed by atoms with Gasteiger partial charge < -0.3 is 14.2 Å². The zero-order valence-electron chi connectivity index (χ0n) is 48.8. The maximum absolute atomic E-state index is 12.9. The first-order valence-corrected chi connectivity index (χ1v) is 31.6. The molecule has 1 unspecified atom stereocenters. The van der Waals surface area contributed by atoms with Crippen LogP contribution in [0, 0.1) is 0 Å². The summed E-state index contributed by atoms with van der Waals surface area (Å²) < 4.78 is 16.9. The summed E-state index contributed by atoms with van der Waals surface area (Å²) in [6, 6.07) is 0. The molecule has 6 nitrogen and oxygen atoms in total. The highest BCUT2D eigenvalue weighted by Crippen LogP contribution is 2.16. The van der Waals surface area contributed by atoms with E-state index in [1.807, 2.05) is 0 Å². The van der Waals surface area contributed by atoms with Gasteiger partial charge in [-0.25, -0.2) is 0 Å². The summed E-state index contributed by atoms with van der Waals surface area (Å²) in [7, 11) is 0. The minimum Gasteiger partial charge on any atom is -0.462 e. The Kier molecular flexibility index (Phi) is 59.3.